The molecular weight excluding hydrogens is 602 g/mol. The first-order valence-electron chi connectivity index (χ1n) is 19.5. The minimum absolute atomic E-state index is 0.0156. The minimum Gasteiger partial charge on any atom is -0.481 e. The predicted molar refractivity (Wildman–Crippen MR) is 192 cm³/mol. The summed E-state index contributed by atoms with van der Waals surface area (Å²) in [6.07, 6.45) is 12.6. The number of carboxylic acid groups (broad SMARTS) is 1. The molecule has 276 valence electrons. The summed E-state index contributed by atoms with van der Waals surface area (Å²) in [5.41, 5.74) is 12.8. The van der Waals surface area contributed by atoms with E-state index in [1.165, 1.54) is 0 Å². The molecule has 12 atom stereocenters. The highest BCUT2D eigenvalue weighted by molar-refractivity contribution is 5.73. The van der Waals surface area contributed by atoms with Crippen molar-refractivity contribution in [2.45, 2.75) is 131 Å². The van der Waals surface area contributed by atoms with Gasteiger partial charge < -0.3 is 36.1 Å². The molecule has 0 aromatic rings. The van der Waals surface area contributed by atoms with Gasteiger partial charge in [0.25, 0.3) is 0 Å². The van der Waals surface area contributed by atoms with Crippen LogP contribution < -0.4 is 16.8 Å². The highest BCUT2D eigenvalue weighted by atomic mass is 16.5. The van der Waals surface area contributed by atoms with Gasteiger partial charge in [-0.05, 0) is 110 Å². The molecule has 1 heterocycles. The second-order valence-electron chi connectivity index (χ2n) is 18.2. The predicted octanol–water partition coefficient (Wildman–Crippen LogP) is 6.41. The lowest BCUT2D eigenvalue weighted by molar-refractivity contribution is -0.219. The summed E-state index contributed by atoms with van der Waals surface area (Å²) in [4.78, 5) is 13.4. The molecule has 5 aliphatic rings. The Morgan fingerprint density at radius 2 is 1.85 bits per heavy atom. The molecule has 0 aromatic heterocycles. The quantitative estimate of drug-likeness (QED) is 0.123. The van der Waals surface area contributed by atoms with Gasteiger partial charge in [-0.1, -0.05) is 66.5 Å². The van der Waals surface area contributed by atoms with Crippen molar-refractivity contribution in [2.24, 2.45) is 68.1 Å². The number of methoxy groups -OCH3 is 1. The van der Waals surface area contributed by atoms with Gasteiger partial charge in [0.05, 0.1) is 31.3 Å². The highest BCUT2D eigenvalue weighted by Gasteiger charge is 2.71. The van der Waals surface area contributed by atoms with Gasteiger partial charge in [0.2, 0.25) is 0 Å². The zero-order chi connectivity index (χ0) is 35.1. The van der Waals surface area contributed by atoms with Gasteiger partial charge in [-0.2, -0.15) is 0 Å². The molecule has 0 spiro atoms. The van der Waals surface area contributed by atoms with Gasteiger partial charge in [0.1, 0.15) is 0 Å². The maximum Gasteiger partial charge on any atom is 0.307 e. The number of carboxylic acids is 1. The van der Waals surface area contributed by atoms with Gasteiger partial charge in [-0.25, -0.2) is 0 Å². The molecule has 8 nitrogen and oxygen atoms in total. The lowest BCUT2D eigenvalue weighted by atomic mass is 9.34. The SMILES string of the molecule is CO[C@@H]1C[C@@]23CCOC[C@@](C)(C2CC[C@H]2C3=CC[C@@]3(C)[C@H](C(=O)O)[C@@](C)([C@H](C)C(C)C)CC[C@]23C)[C@H]1OCCNC[C@@H](N)CCCCN. The number of carbonyl (C=O) groups is 1. The third-order valence-electron chi connectivity index (χ3n) is 15.7. The molecule has 6 N–H and O–H groups in total. The summed E-state index contributed by atoms with van der Waals surface area (Å²) >= 11 is 0. The fourth-order valence-corrected chi connectivity index (χ4v) is 12.6. The Hall–Kier alpha value is -1.03. The average Bonchev–Trinajstić information content (AvgIpc) is 3.14. The summed E-state index contributed by atoms with van der Waals surface area (Å²) in [5.74, 6) is 0.628. The molecular formula is C40H71N3O5. The van der Waals surface area contributed by atoms with Crippen LogP contribution in [0.15, 0.2) is 11.6 Å². The molecule has 4 aliphatic carbocycles. The smallest absolute Gasteiger partial charge is 0.307 e. The van der Waals surface area contributed by atoms with Crippen molar-refractivity contribution in [1.82, 2.24) is 5.32 Å². The Morgan fingerprint density at radius 3 is 2.52 bits per heavy atom. The van der Waals surface area contributed by atoms with Gasteiger partial charge in [-0.15, -0.1) is 0 Å². The van der Waals surface area contributed by atoms with E-state index < -0.39 is 5.97 Å². The third-order valence-corrected chi connectivity index (χ3v) is 15.7. The number of unbranched alkanes of at least 4 members (excludes halogenated alkanes) is 1. The maximum absolute atomic E-state index is 13.4. The highest BCUT2D eigenvalue weighted by Crippen LogP contribution is 2.75. The Labute approximate surface area is 292 Å². The van der Waals surface area contributed by atoms with Gasteiger partial charge in [0, 0.05) is 38.3 Å². The molecule has 48 heavy (non-hydrogen) atoms. The summed E-state index contributed by atoms with van der Waals surface area (Å²) < 4.78 is 19.7. The van der Waals surface area contributed by atoms with Crippen LogP contribution in [0.1, 0.15) is 113 Å². The van der Waals surface area contributed by atoms with Crippen molar-refractivity contribution in [3.63, 3.8) is 0 Å². The number of allylic oxidation sites excluding steroid dienone is 2. The van der Waals surface area contributed by atoms with E-state index in [1.54, 1.807) is 5.57 Å². The number of hydrogen-bond donors (Lipinski definition) is 4. The first kappa shape index (κ1) is 38.2. The molecule has 1 saturated heterocycles. The van der Waals surface area contributed by atoms with Crippen LogP contribution in [0.5, 0.6) is 0 Å². The molecule has 1 aliphatic heterocycles. The van der Waals surface area contributed by atoms with E-state index in [1.807, 2.05) is 7.11 Å². The standard InChI is InChI=1S/C40H71N3O5/c1-26(2)27(3)36(4)16-17-38(6)29-12-13-32-37(5)25-47-21-18-40(32,30(29)14-15-39(38,7)33(36)35(44)45)23-31(46-8)34(37)48-22-20-43-24-28(42)11-9-10-19-41/h14,26-29,31-34,43H,9-13,15-25,41-42H2,1-8H3,(H,44,45)/t27-,28+,29+,31-,32?,33-,34+,36-,37+,38-,39+,40-/m1/s1. The maximum atomic E-state index is 13.4. The van der Waals surface area contributed by atoms with Crippen LogP contribution in [0.25, 0.3) is 0 Å². The molecule has 0 amide bonds. The van der Waals surface area contributed by atoms with Crippen molar-refractivity contribution in [3.8, 4) is 0 Å². The molecule has 0 aromatic carbocycles. The number of fused-ring (bicyclic) bond motifs is 3. The minimum atomic E-state index is -0.599. The van der Waals surface area contributed by atoms with Crippen LogP contribution in [0.4, 0.5) is 0 Å². The summed E-state index contributed by atoms with van der Waals surface area (Å²) in [5, 5.41) is 14.5. The van der Waals surface area contributed by atoms with Crippen LogP contribution in [0, 0.1) is 56.7 Å². The van der Waals surface area contributed by atoms with E-state index >= 15 is 0 Å². The van der Waals surface area contributed by atoms with E-state index in [4.69, 9.17) is 25.7 Å². The molecule has 8 heteroatoms. The molecule has 4 fully saturated rings. The van der Waals surface area contributed by atoms with E-state index in [2.05, 4.69) is 59.9 Å². The largest absolute Gasteiger partial charge is 0.481 e. The lowest BCUT2D eigenvalue weighted by Crippen LogP contribution is -2.67. The average molecular weight is 674 g/mol. The first-order chi connectivity index (χ1) is 22.7. The second kappa shape index (κ2) is 14.5. The second-order valence-corrected chi connectivity index (χ2v) is 18.2. The van der Waals surface area contributed by atoms with E-state index in [9.17, 15) is 9.90 Å². The van der Waals surface area contributed by atoms with Crippen LogP contribution in [0.3, 0.4) is 0 Å². The van der Waals surface area contributed by atoms with E-state index in [0.29, 0.717) is 36.9 Å². The number of nitrogens with one attached hydrogen (secondary N) is 1. The summed E-state index contributed by atoms with van der Waals surface area (Å²) in [7, 11) is 1.86. The van der Waals surface area contributed by atoms with Crippen LogP contribution in [-0.2, 0) is 19.0 Å². The van der Waals surface area contributed by atoms with Gasteiger partial charge in [-0.3, -0.25) is 4.79 Å². The number of nitrogens with two attached hydrogens (primary N) is 2. The zero-order valence-electron chi connectivity index (χ0n) is 31.7. The molecule has 0 radical (unpaired) electrons. The van der Waals surface area contributed by atoms with Crippen molar-refractivity contribution in [2.75, 3.05) is 46.6 Å². The van der Waals surface area contributed by atoms with Crippen molar-refractivity contribution < 1.29 is 24.1 Å². The topological polar surface area (TPSA) is 129 Å². The fourth-order valence-electron chi connectivity index (χ4n) is 12.6. The molecule has 1 unspecified atom stereocenters. The summed E-state index contributed by atoms with van der Waals surface area (Å²) in [6, 6.07) is 0.135. The monoisotopic (exact) mass is 674 g/mol. The van der Waals surface area contributed by atoms with E-state index in [-0.39, 0.29) is 51.2 Å². The van der Waals surface area contributed by atoms with E-state index in [0.717, 1.165) is 90.4 Å². The molecule has 3 saturated carbocycles. The van der Waals surface area contributed by atoms with Gasteiger partial charge in [0.15, 0.2) is 0 Å². The third kappa shape index (κ3) is 6.14. The summed E-state index contributed by atoms with van der Waals surface area (Å²) in [6.45, 7) is 20.7. The van der Waals surface area contributed by atoms with Crippen LogP contribution in [0.2, 0.25) is 0 Å². The number of aliphatic carboxylic acids is 1. The first-order valence-corrected chi connectivity index (χ1v) is 19.5. The lowest BCUT2D eigenvalue weighted by Gasteiger charge is -2.70. The van der Waals surface area contributed by atoms with Crippen LogP contribution >= 0.6 is 0 Å². The zero-order valence-corrected chi connectivity index (χ0v) is 31.7. The molecule has 5 rings (SSSR count). The Kier molecular flexibility index (Phi) is 11.6. The van der Waals surface area contributed by atoms with Gasteiger partial charge >= 0.3 is 5.97 Å². The van der Waals surface area contributed by atoms with Crippen LogP contribution in [-0.4, -0.2) is 75.9 Å². The van der Waals surface area contributed by atoms with Crippen molar-refractivity contribution in [1.29, 1.82) is 0 Å². The normalized spacial score (nSPS) is 43.7. The Balaban J connectivity index is 1.41. The number of ether oxygens (including phenoxy) is 3. The fraction of sp³-hybridized carbons (Fsp3) is 0.925. The Bertz CT molecular complexity index is 1160. The Morgan fingerprint density at radius 1 is 1.10 bits per heavy atom. The number of hydrogen-bond acceptors (Lipinski definition) is 7. The number of rotatable bonds is 14. The van der Waals surface area contributed by atoms with Crippen molar-refractivity contribution >= 4 is 5.97 Å². The molecule has 2 bridgehead atoms. The van der Waals surface area contributed by atoms with Crippen molar-refractivity contribution in [3.05, 3.63) is 11.6 Å².